The molecule has 1 heterocycles. The van der Waals surface area contributed by atoms with Gasteiger partial charge in [0.1, 0.15) is 5.75 Å². The fraction of sp³-hybridized carbons (Fsp3) is 0.400. The Kier molecular flexibility index (Phi) is 3.90. The Morgan fingerprint density at radius 2 is 1.95 bits per heavy atom. The van der Waals surface area contributed by atoms with Crippen molar-refractivity contribution in [2.75, 3.05) is 7.11 Å². The van der Waals surface area contributed by atoms with Gasteiger partial charge in [0, 0.05) is 18.9 Å². The Labute approximate surface area is 113 Å². The number of rotatable bonds is 5. The SMILES string of the molecule is COc1ccc(C(C)(O)CCc2ccnn2C)cc1. The molecule has 0 spiro atoms. The molecule has 1 aromatic carbocycles. The third-order valence-corrected chi connectivity index (χ3v) is 3.50. The molecule has 0 saturated heterocycles. The van der Waals surface area contributed by atoms with Crippen LogP contribution in [0.5, 0.6) is 5.75 Å². The van der Waals surface area contributed by atoms with Crippen molar-refractivity contribution in [3.8, 4) is 5.75 Å². The molecule has 1 aromatic heterocycles. The van der Waals surface area contributed by atoms with Crippen molar-refractivity contribution in [3.63, 3.8) is 0 Å². The molecule has 2 rings (SSSR count). The average molecular weight is 260 g/mol. The molecule has 19 heavy (non-hydrogen) atoms. The molecule has 1 atom stereocenters. The lowest BCUT2D eigenvalue weighted by Crippen LogP contribution is -2.22. The highest BCUT2D eigenvalue weighted by Gasteiger charge is 2.23. The molecule has 4 heteroatoms. The summed E-state index contributed by atoms with van der Waals surface area (Å²) in [6, 6.07) is 9.52. The third kappa shape index (κ3) is 3.15. The van der Waals surface area contributed by atoms with Crippen LogP contribution < -0.4 is 4.74 Å². The summed E-state index contributed by atoms with van der Waals surface area (Å²) in [5.41, 5.74) is 1.17. The van der Waals surface area contributed by atoms with E-state index in [0.717, 1.165) is 23.4 Å². The first-order valence-electron chi connectivity index (χ1n) is 6.37. The lowest BCUT2D eigenvalue weighted by Gasteiger charge is -2.24. The first-order valence-corrected chi connectivity index (χ1v) is 6.37. The van der Waals surface area contributed by atoms with E-state index < -0.39 is 5.60 Å². The van der Waals surface area contributed by atoms with Gasteiger partial charge in [0.25, 0.3) is 0 Å². The van der Waals surface area contributed by atoms with Gasteiger partial charge in [-0.1, -0.05) is 12.1 Å². The zero-order valence-corrected chi connectivity index (χ0v) is 11.6. The second kappa shape index (κ2) is 5.45. The number of benzene rings is 1. The van der Waals surface area contributed by atoms with E-state index in [1.54, 1.807) is 13.3 Å². The monoisotopic (exact) mass is 260 g/mol. The predicted octanol–water partition coefficient (Wildman–Crippen LogP) is 2.27. The smallest absolute Gasteiger partial charge is 0.118 e. The van der Waals surface area contributed by atoms with Crippen molar-refractivity contribution in [2.45, 2.75) is 25.4 Å². The number of aromatic nitrogens is 2. The second-order valence-electron chi connectivity index (χ2n) is 4.95. The Bertz CT molecular complexity index is 529. The summed E-state index contributed by atoms with van der Waals surface area (Å²) in [6.07, 6.45) is 3.21. The summed E-state index contributed by atoms with van der Waals surface area (Å²) in [4.78, 5) is 0. The highest BCUT2D eigenvalue weighted by molar-refractivity contribution is 5.30. The van der Waals surface area contributed by atoms with Crippen LogP contribution in [0.3, 0.4) is 0 Å². The van der Waals surface area contributed by atoms with Gasteiger partial charge in [0.05, 0.1) is 12.7 Å². The Balaban J connectivity index is 2.06. The fourth-order valence-corrected chi connectivity index (χ4v) is 2.11. The Hall–Kier alpha value is -1.81. The van der Waals surface area contributed by atoms with E-state index in [-0.39, 0.29) is 0 Å². The van der Waals surface area contributed by atoms with E-state index in [0.29, 0.717) is 6.42 Å². The molecule has 0 aliphatic heterocycles. The molecule has 0 amide bonds. The van der Waals surface area contributed by atoms with Crippen molar-refractivity contribution in [1.82, 2.24) is 9.78 Å². The molecule has 4 nitrogen and oxygen atoms in total. The van der Waals surface area contributed by atoms with Crippen molar-refractivity contribution in [1.29, 1.82) is 0 Å². The minimum Gasteiger partial charge on any atom is -0.497 e. The van der Waals surface area contributed by atoms with Crippen LogP contribution >= 0.6 is 0 Å². The van der Waals surface area contributed by atoms with Gasteiger partial charge < -0.3 is 9.84 Å². The van der Waals surface area contributed by atoms with Crippen LogP contribution in [0.1, 0.15) is 24.6 Å². The Morgan fingerprint density at radius 3 is 2.47 bits per heavy atom. The minimum atomic E-state index is -0.851. The molecule has 102 valence electrons. The van der Waals surface area contributed by atoms with E-state index in [4.69, 9.17) is 4.74 Å². The predicted molar refractivity (Wildman–Crippen MR) is 74.1 cm³/mol. The fourth-order valence-electron chi connectivity index (χ4n) is 2.11. The number of ether oxygens (including phenoxy) is 1. The standard InChI is InChI=1S/C15H20N2O2/c1-15(18,10-8-13-9-11-16-17(13)2)12-4-6-14(19-3)7-5-12/h4-7,9,11,18H,8,10H2,1-3H3. The molecular weight excluding hydrogens is 240 g/mol. The number of nitrogens with zero attached hydrogens (tertiary/aromatic N) is 2. The maximum Gasteiger partial charge on any atom is 0.118 e. The van der Waals surface area contributed by atoms with Crippen molar-refractivity contribution in [2.24, 2.45) is 7.05 Å². The van der Waals surface area contributed by atoms with Crippen molar-refractivity contribution >= 4 is 0 Å². The summed E-state index contributed by atoms with van der Waals surface area (Å²) >= 11 is 0. The topological polar surface area (TPSA) is 47.3 Å². The van der Waals surface area contributed by atoms with E-state index >= 15 is 0 Å². The molecule has 0 fully saturated rings. The molecule has 0 radical (unpaired) electrons. The number of hydrogen-bond donors (Lipinski definition) is 1. The molecule has 1 unspecified atom stereocenters. The lowest BCUT2D eigenvalue weighted by molar-refractivity contribution is 0.0475. The van der Waals surface area contributed by atoms with Gasteiger partial charge in [-0.05, 0) is 43.5 Å². The van der Waals surface area contributed by atoms with Crippen LogP contribution in [0.25, 0.3) is 0 Å². The Morgan fingerprint density at radius 1 is 1.26 bits per heavy atom. The van der Waals surface area contributed by atoms with Crippen molar-refractivity contribution in [3.05, 3.63) is 47.8 Å². The molecular formula is C15H20N2O2. The highest BCUT2D eigenvalue weighted by Crippen LogP contribution is 2.27. The number of hydrogen-bond acceptors (Lipinski definition) is 3. The maximum absolute atomic E-state index is 10.6. The van der Waals surface area contributed by atoms with Crippen LogP contribution in [0.2, 0.25) is 0 Å². The van der Waals surface area contributed by atoms with Crippen LogP contribution in [-0.4, -0.2) is 22.0 Å². The minimum absolute atomic E-state index is 0.652. The highest BCUT2D eigenvalue weighted by atomic mass is 16.5. The van der Waals surface area contributed by atoms with Gasteiger partial charge in [-0.3, -0.25) is 4.68 Å². The van der Waals surface area contributed by atoms with Crippen LogP contribution in [0, 0.1) is 0 Å². The van der Waals surface area contributed by atoms with Gasteiger partial charge in [-0.15, -0.1) is 0 Å². The normalized spacial score (nSPS) is 14.1. The molecule has 0 aliphatic rings. The number of aryl methyl sites for hydroxylation is 2. The summed E-state index contributed by atoms with van der Waals surface area (Å²) in [5, 5.41) is 14.7. The summed E-state index contributed by atoms with van der Waals surface area (Å²) in [6.45, 7) is 1.84. The van der Waals surface area contributed by atoms with Crippen LogP contribution in [0.15, 0.2) is 36.5 Å². The molecule has 1 N–H and O–H groups in total. The summed E-state index contributed by atoms with van der Waals surface area (Å²) in [5.74, 6) is 0.797. The van der Waals surface area contributed by atoms with Gasteiger partial charge in [-0.2, -0.15) is 5.10 Å². The van der Waals surface area contributed by atoms with E-state index in [1.165, 1.54) is 0 Å². The molecule has 0 saturated carbocycles. The molecule has 2 aromatic rings. The van der Waals surface area contributed by atoms with Crippen molar-refractivity contribution < 1.29 is 9.84 Å². The number of methoxy groups -OCH3 is 1. The summed E-state index contributed by atoms with van der Waals surface area (Å²) < 4.78 is 6.96. The summed E-state index contributed by atoms with van der Waals surface area (Å²) in [7, 11) is 3.55. The second-order valence-corrected chi connectivity index (χ2v) is 4.95. The van der Waals surface area contributed by atoms with Gasteiger partial charge in [0.15, 0.2) is 0 Å². The average Bonchev–Trinajstić information content (AvgIpc) is 2.82. The van der Waals surface area contributed by atoms with Gasteiger partial charge in [0.2, 0.25) is 0 Å². The van der Waals surface area contributed by atoms with Gasteiger partial charge >= 0.3 is 0 Å². The van der Waals surface area contributed by atoms with Crippen LogP contribution in [0.4, 0.5) is 0 Å². The molecule has 0 bridgehead atoms. The number of aliphatic hydroxyl groups is 1. The zero-order valence-electron chi connectivity index (χ0n) is 11.6. The third-order valence-electron chi connectivity index (χ3n) is 3.50. The van der Waals surface area contributed by atoms with Gasteiger partial charge in [-0.25, -0.2) is 0 Å². The maximum atomic E-state index is 10.6. The van der Waals surface area contributed by atoms with E-state index in [9.17, 15) is 5.11 Å². The van der Waals surface area contributed by atoms with E-state index in [1.807, 2.05) is 49.0 Å². The quantitative estimate of drug-likeness (QED) is 0.897. The van der Waals surface area contributed by atoms with Crippen LogP contribution in [-0.2, 0) is 19.1 Å². The lowest BCUT2D eigenvalue weighted by atomic mass is 9.90. The van der Waals surface area contributed by atoms with E-state index in [2.05, 4.69) is 5.10 Å². The molecule has 0 aliphatic carbocycles. The zero-order chi connectivity index (χ0) is 13.9. The first-order chi connectivity index (χ1) is 9.03. The largest absolute Gasteiger partial charge is 0.497 e. The first kappa shape index (κ1) is 13.6.